The molecule has 1 heterocycles. The third-order valence-corrected chi connectivity index (χ3v) is 4.74. The second kappa shape index (κ2) is 8.39. The van der Waals surface area contributed by atoms with E-state index in [9.17, 15) is 4.79 Å². The van der Waals surface area contributed by atoms with Crippen LogP contribution in [0.15, 0.2) is 36.4 Å². The number of amides is 1. The van der Waals surface area contributed by atoms with Gasteiger partial charge in [0, 0.05) is 16.7 Å². The molecule has 28 heavy (non-hydrogen) atoms. The van der Waals surface area contributed by atoms with E-state index in [-0.39, 0.29) is 12.5 Å². The van der Waals surface area contributed by atoms with Gasteiger partial charge in [-0.15, -0.1) is 10.2 Å². The number of halogens is 1. The molecule has 2 aromatic carbocycles. The van der Waals surface area contributed by atoms with Crippen LogP contribution in [0.3, 0.4) is 0 Å². The monoisotopic (exact) mass is 399 g/mol. The summed E-state index contributed by atoms with van der Waals surface area (Å²) in [4.78, 5) is 13.6. The fraction of sp³-hybridized carbons (Fsp3) is 0.300. The molecule has 8 heteroatoms. The molecule has 1 aromatic heterocycles. The first kappa shape index (κ1) is 19.8. The molecule has 0 aliphatic carbocycles. The lowest BCUT2D eigenvalue weighted by molar-refractivity contribution is -0.117. The molecule has 0 spiro atoms. The highest BCUT2D eigenvalue weighted by molar-refractivity contribution is 6.31. The van der Waals surface area contributed by atoms with E-state index in [2.05, 4.69) is 34.6 Å². The van der Waals surface area contributed by atoms with Crippen molar-refractivity contribution in [3.05, 3.63) is 52.5 Å². The maximum Gasteiger partial charge on any atom is 0.248 e. The Balaban J connectivity index is 1.70. The number of nitrogens with zero attached hydrogens (tertiary/aromatic N) is 4. The molecule has 0 aliphatic heterocycles. The fourth-order valence-corrected chi connectivity index (χ4v) is 2.84. The van der Waals surface area contributed by atoms with Crippen LogP contribution in [0.25, 0.3) is 11.4 Å². The van der Waals surface area contributed by atoms with Crippen molar-refractivity contribution >= 4 is 23.2 Å². The predicted octanol–water partition coefficient (Wildman–Crippen LogP) is 4.07. The van der Waals surface area contributed by atoms with Gasteiger partial charge in [0.05, 0.1) is 12.8 Å². The molecule has 1 N–H and O–H groups in total. The van der Waals surface area contributed by atoms with Crippen molar-refractivity contribution in [1.82, 2.24) is 20.2 Å². The summed E-state index contributed by atoms with van der Waals surface area (Å²) in [6.07, 6.45) is 0. The number of anilines is 1. The summed E-state index contributed by atoms with van der Waals surface area (Å²) >= 11 is 6.09. The number of methoxy groups -OCH3 is 1. The molecule has 0 saturated carbocycles. The molecule has 1 amide bonds. The number of carbonyl (C=O) groups is 1. The Morgan fingerprint density at radius 3 is 2.61 bits per heavy atom. The van der Waals surface area contributed by atoms with Gasteiger partial charge >= 0.3 is 0 Å². The molecule has 3 aromatic rings. The van der Waals surface area contributed by atoms with Crippen molar-refractivity contribution in [3.8, 4) is 17.1 Å². The van der Waals surface area contributed by atoms with Crippen LogP contribution < -0.4 is 10.1 Å². The predicted molar refractivity (Wildman–Crippen MR) is 109 cm³/mol. The first-order valence-corrected chi connectivity index (χ1v) is 9.27. The second-order valence-corrected chi connectivity index (χ2v) is 7.18. The zero-order valence-electron chi connectivity index (χ0n) is 16.2. The Morgan fingerprint density at radius 1 is 1.25 bits per heavy atom. The summed E-state index contributed by atoms with van der Waals surface area (Å²) in [6.45, 7) is 6.06. The molecule has 0 saturated heterocycles. The van der Waals surface area contributed by atoms with Crippen molar-refractivity contribution in [3.63, 3.8) is 0 Å². The topological polar surface area (TPSA) is 81.9 Å². The van der Waals surface area contributed by atoms with Crippen molar-refractivity contribution < 1.29 is 9.53 Å². The molecule has 146 valence electrons. The van der Waals surface area contributed by atoms with Gasteiger partial charge < -0.3 is 10.1 Å². The quantitative estimate of drug-likeness (QED) is 0.675. The van der Waals surface area contributed by atoms with E-state index in [4.69, 9.17) is 16.3 Å². The van der Waals surface area contributed by atoms with Gasteiger partial charge in [0.1, 0.15) is 12.3 Å². The number of hydrogen-bond donors (Lipinski definition) is 1. The van der Waals surface area contributed by atoms with Crippen molar-refractivity contribution in [2.24, 2.45) is 0 Å². The number of benzene rings is 2. The lowest BCUT2D eigenvalue weighted by Gasteiger charge is -2.12. The van der Waals surface area contributed by atoms with E-state index in [1.807, 2.05) is 31.2 Å². The summed E-state index contributed by atoms with van der Waals surface area (Å²) in [5.41, 5.74) is 3.47. The molecular formula is C20H22ClN5O2. The smallest absolute Gasteiger partial charge is 0.248 e. The molecular weight excluding hydrogens is 378 g/mol. The molecule has 0 aliphatic rings. The second-order valence-electron chi connectivity index (χ2n) is 6.77. The maximum atomic E-state index is 12.4. The van der Waals surface area contributed by atoms with Gasteiger partial charge in [0.2, 0.25) is 11.7 Å². The third-order valence-electron chi connectivity index (χ3n) is 4.33. The first-order chi connectivity index (χ1) is 13.4. The maximum absolute atomic E-state index is 12.4. The Morgan fingerprint density at radius 2 is 1.96 bits per heavy atom. The lowest BCUT2D eigenvalue weighted by atomic mass is 10.0. The van der Waals surface area contributed by atoms with Crippen LogP contribution in [0.4, 0.5) is 5.69 Å². The SMILES string of the molecule is COc1cc(Cl)c(C)cc1NC(=O)Cn1nnc(-c2ccc(C(C)C)cc2)n1. The Kier molecular flexibility index (Phi) is 5.94. The molecule has 7 nitrogen and oxygen atoms in total. The van der Waals surface area contributed by atoms with E-state index in [0.717, 1.165) is 11.1 Å². The standard InChI is InChI=1S/C20H22ClN5O2/c1-12(2)14-5-7-15(8-6-14)20-23-25-26(24-20)11-19(27)22-17-9-13(3)16(21)10-18(17)28-4/h5-10,12H,11H2,1-4H3,(H,22,27). The van der Waals surface area contributed by atoms with Crippen LogP contribution >= 0.6 is 11.6 Å². The summed E-state index contributed by atoms with van der Waals surface area (Å²) in [6, 6.07) is 11.4. The van der Waals surface area contributed by atoms with Crippen LogP contribution in [0.1, 0.15) is 30.9 Å². The first-order valence-electron chi connectivity index (χ1n) is 8.89. The van der Waals surface area contributed by atoms with Crippen LogP contribution in [0, 0.1) is 6.92 Å². The van der Waals surface area contributed by atoms with Crippen LogP contribution in [0.2, 0.25) is 5.02 Å². The minimum atomic E-state index is -0.292. The number of carbonyl (C=O) groups excluding carboxylic acids is 1. The fourth-order valence-electron chi connectivity index (χ4n) is 2.69. The van der Waals surface area contributed by atoms with Gasteiger partial charge in [0.25, 0.3) is 0 Å². The Hall–Kier alpha value is -2.93. The lowest BCUT2D eigenvalue weighted by Crippen LogP contribution is -2.21. The van der Waals surface area contributed by atoms with E-state index >= 15 is 0 Å². The van der Waals surface area contributed by atoms with E-state index in [1.165, 1.54) is 17.5 Å². The zero-order chi connectivity index (χ0) is 20.3. The number of tetrazole rings is 1. The summed E-state index contributed by atoms with van der Waals surface area (Å²) in [5.74, 6) is 1.12. The van der Waals surface area contributed by atoms with Gasteiger partial charge in [-0.1, -0.05) is 49.7 Å². The van der Waals surface area contributed by atoms with Gasteiger partial charge in [-0.25, -0.2) is 0 Å². The minimum Gasteiger partial charge on any atom is -0.495 e. The van der Waals surface area contributed by atoms with Gasteiger partial charge in [-0.3, -0.25) is 4.79 Å². The minimum absolute atomic E-state index is 0.0676. The highest BCUT2D eigenvalue weighted by Crippen LogP contribution is 2.30. The summed E-state index contributed by atoms with van der Waals surface area (Å²) < 4.78 is 5.27. The normalized spacial score (nSPS) is 10.9. The molecule has 0 bridgehead atoms. The Bertz CT molecular complexity index is 983. The van der Waals surface area contributed by atoms with Crippen LogP contribution in [0.5, 0.6) is 5.75 Å². The van der Waals surface area contributed by atoms with Crippen molar-refractivity contribution in [2.75, 3.05) is 12.4 Å². The van der Waals surface area contributed by atoms with Gasteiger partial charge in [0.15, 0.2) is 0 Å². The van der Waals surface area contributed by atoms with Gasteiger partial charge in [-0.05, 0) is 35.2 Å². The molecule has 0 radical (unpaired) electrons. The average Bonchev–Trinajstić information content (AvgIpc) is 3.12. The van der Waals surface area contributed by atoms with E-state index in [0.29, 0.717) is 28.2 Å². The van der Waals surface area contributed by atoms with Crippen molar-refractivity contribution in [2.45, 2.75) is 33.2 Å². The van der Waals surface area contributed by atoms with Crippen molar-refractivity contribution in [1.29, 1.82) is 0 Å². The summed E-state index contributed by atoms with van der Waals surface area (Å²) in [5, 5.41) is 15.7. The third kappa shape index (κ3) is 4.48. The molecule has 0 atom stereocenters. The number of rotatable bonds is 6. The average molecular weight is 400 g/mol. The van der Waals surface area contributed by atoms with Crippen LogP contribution in [-0.4, -0.2) is 33.2 Å². The molecule has 3 rings (SSSR count). The largest absolute Gasteiger partial charge is 0.495 e. The highest BCUT2D eigenvalue weighted by Gasteiger charge is 2.13. The van der Waals surface area contributed by atoms with Crippen LogP contribution in [-0.2, 0) is 11.3 Å². The van der Waals surface area contributed by atoms with E-state index in [1.54, 1.807) is 12.1 Å². The van der Waals surface area contributed by atoms with Gasteiger partial charge in [-0.2, -0.15) is 4.80 Å². The number of hydrogen-bond acceptors (Lipinski definition) is 5. The molecule has 0 unspecified atom stereocenters. The number of aryl methyl sites for hydroxylation is 1. The number of ether oxygens (including phenoxy) is 1. The number of nitrogens with one attached hydrogen (secondary N) is 1. The zero-order valence-corrected chi connectivity index (χ0v) is 17.0. The van der Waals surface area contributed by atoms with E-state index < -0.39 is 0 Å². The molecule has 0 fully saturated rings. The number of aromatic nitrogens is 4. The highest BCUT2D eigenvalue weighted by atomic mass is 35.5. The summed E-state index contributed by atoms with van der Waals surface area (Å²) in [7, 11) is 1.52. The Labute approximate surface area is 168 Å².